The number of anilines is 2. The second kappa shape index (κ2) is 7.11. The number of hydrogen-bond acceptors (Lipinski definition) is 4. The van der Waals surface area contributed by atoms with Gasteiger partial charge in [-0.2, -0.15) is 13.2 Å². The zero-order chi connectivity index (χ0) is 15.2. The zero-order valence-electron chi connectivity index (χ0n) is 10.7. The summed E-state index contributed by atoms with van der Waals surface area (Å²) < 4.78 is 36.8. The lowest BCUT2D eigenvalue weighted by molar-refractivity contribution is -0.148. The average Bonchev–Trinajstić information content (AvgIpc) is 2.30. The maximum absolute atomic E-state index is 12.3. The van der Waals surface area contributed by atoms with Gasteiger partial charge in [0.2, 0.25) is 5.91 Å². The van der Waals surface area contributed by atoms with Gasteiger partial charge in [-0.1, -0.05) is 0 Å². The molecule has 0 aliphatic carbocycles. The number of benzene rings is 1. The molecule has 0 heterocycles. The zero-order valence-corrected chi connectivity index (χ0v) is 10.7. The van der Waals surface area contributed by atoms with Gasteiger partial charge >= 0.3 is 6.18 Å². The van der Waals surface area contributed by atoms with E-state index in [0.29, 0.717) is 11.4 Å². The summed E-state index contributed by atoms with van der Waals surface area (Å²) in [5.41, 5.74) is 6.43. The van der Waals surface area contributed by atoms with Gasteiger partial charge in [-0.05, 0) is 24.3 Å². The van der Waals surface area contributed by atoms with Crippen LogP contribution in [0.25, 0.3) is 0 Å². The van der Waals surface area contributed by atoms with E-state index < -0.39 is 31.8 Å². The van der Waals surface area contributed by atoms with Gasteiger partial charge in [0.05, 0.1) is 19.7 Å². The highest BCUT2D eigenvalue weighted by atomic mass is 19.4. The minimum Gasteiger partial charge on any atom is -0.399 e. The summed E-state index contributed by atoms with van der Waals surface area (Å²) in [6.07, 6.45) is -4.42. The van der Waals surface area contributed by atoms with Crippen molar-refractivity contribution < 1.29 is 23.1 Å². The monoisotopic (exact) mass is 291 g/mol. The predicted octanol–water partition coefficient (Wildman–Crippen LogP) is 1.06. The topological polar surface area (TPSA) is 78.6 Å². The van der Waals surface area contributed by atoms with E-state index in [1.54, 1.807) is 24.3 Å². The molecule has 1 aromatic rings. The smallest absolute Gasteiger partial charge is 0.399 e. The van der Waals surface area contributed by atoms with Crippen LogP contribution < -0.4 is 11.1 Å². The largest absolute Gasteiger partial charge is 0.401 e. The van der Waals surface area contributed by atoms with Gasteiger partial charge in [0, 0.05) is 17.9 Å². The minimum absolute atomic E-state index is 0.228. The maximum Gasteiger partial charge on any atom is 0.401 e. The van der Waals surface area contributed by atoms with Crippen LogP contribution in [0.15, 0.2) is 24.3 Å². The first kappa shape index (κ1) is 16.3. The van der Waals surface area contributed by atoms with Gasteiger partial charge in [0.25, 0.3) is 0 Å². The minimum atomic E-state index is -4.42. The number of halogens is 3. The number of nitrogens with zero attached hydrogens (tertiary/aromatic N) is 1. The summed E-state index contributed by atoms with van der Waals surface area (Å²) in [6.45, 7) is -2.38. The normalized spacial score (nSPS) is 11.7. The number of rotatable bonds is 6. The van der Waals surface area contributed by atoms with Crippen molar-refractivity contribution in [2.45, 2.75) is 6.18 Å². The molecule has 0 unspecified atom stereocenters. The second-order valence-corrected chi connectivity index (χ2v) is 4.22. The summed E-state index contributed by atoms with van der Waals surface area (Å²) in [7, 11) is 0. The maximum atomic E-state index is 12.3. The van der Waals surface area contributed by atoms with E-state index in [9.17, 15) is 18.0 Å². The van der Waals surface area contributed by atoms with Crippen molar-refractivity contribution in [3.63, 3.8) is 0 Å². The molecule has 0 aliphatic heterocycles. The molecule has 0 aliphatic rings. The molecule has 8 heteroatoms. The van der Waals surface area contributed by atoms with Gasteiger partial charge in [-0.3, -0.25) is 9.69 Å². The molecule has 20 heavy (non-hydrogen) atoms. The number of carbonyl (C=O) groups excluding carboxylic acids is 1. The van der Waals surface area contributed by atoms with Crippen LogP contribution in [0.3, 0.4) is 0 Å². The van der Waals surface area contributed by atoms with E-state index in [-0.39, 0.29) is 6.54 Å². The van der Waals surface area contributed by atoms with Gasteiger partial charge < -0.3 is 16.2 Å². The number of nitrogens with one attached hydrogen (secondary N) is 1. The number of hydrogen-bond donors (Lipinski definition) is 3. The lowest BCUT2D eigenvalue weighted by atomic mass is 10.3. The fourth-order valence-electron chi connectivity index (χ4n) is 1.58. The lowest BCUT2D eigenvalue weighted by Crippen LogP contribution is -2.41. The van der Waals surface area contributed by atoms with Crippen molar-refractivity contribution in [3.8, 4) is 0 Å². The molecule has 0 bridgehead atoms. The second-order valence-electron chi connectivity index (χ2n) is 4.22. The third kappa shape index (κ3) is 6.39. The van der Waals surface area contributed by atoms with Crippen LogP contribution in [0.1, 0.15) is 0 Å². The van der Waals surface area contributed by atoms with E-state index in [2.05, 4.69) is 5.32 Å². The van der Waals surface area contributed by atoms with Crippen molar-refractivity contribution >= 4 is 17.3 Å². The summed E-state index contributed by atoms with van der Waals surface area (Å²) in [5, 5.41) is 11.2. The van der Waals surface area contributed by atoms with E-state index in [1.807, 2.05) is 0 Å². The van der Waals surface area contributed by atoms with Crippen LogP contribution in [0.2, 0.25) is 0 Å². The van der Waals surface area contributed by atoms with Crippen molar-refractivity contribution in [1.82, 2.24) is 4.90 Å². The van der Waals surface area contributed by atoms with E-state index in [0.717, 1.165) is 4.90 Å². The van der Waals surface area contributed by atoms with Gasteiger partial charge in [-0.15, -0.1) is 0 Å². The lowest BCUT2D eigenvalue weighted by Gasteiger charge is -2.22. The molecule has 1 amide bonds. The standard InChI is InChI=1S/C12H16F3N3O2/c13-12(14,15)8-18(5-6-19)7-11(20)17-10-3-1-9(16)2-4-10/h1-4,19H,5-8,16H2,(H,17,20). The van der Waals surface area contributed by atoms with Crippen LogP contribution in [-0.2, 0) is 4.79 Å². The van der Waals surface area contributed by atoms with Gasteiger partial charge in [0.1, 0.15) is 0 Å². The molecule has 0 atom stereocenters. The third-order valence-corrected chi connectivity index (χ3v) is 2.38. The molecular weight excluding hydrogens is 275 g/mol. The Morgan fingerprint density at radius 3 is 2.40 bits per heavy atom. The molecule has 5 nitrogen and oxygen atoms in total. The van der Waals surface area contributed by atoms with Crippen LogP contribution in [-0.4, -0.2) is 48.3 Å². The molecule has 0 spiro atoms. The Balaban J connectivity index is 2.55. The fourth-order valence-corrected chi connectivity index (χ4v) is 1.58. The van der Waals surface area contributed by atoms with Crippen molar-refractivity contribution in [1.29, 1.82) is 0 Å². The Kier molecular flexibility index (Phi) is 5.78. The molecule has 1 aromatic carbocycles. The Hall–Kier alpha value is -1.80. The summed E-state index contributed by atoms with van der Waals surface area (Å²) >= 11 is 0. The molecule has 0 aromatic heterocycles. The Bertz CT molecular complexity index is 435. The molecule has 0 fully saturated rings. The number of aliphatic hydroxyl groups is 1. The number of amides is 1. The highest BCUT2D eigenvalue weighted by Gasteiger charge is 2.31. The Morgan fingerprint density at radius 2 is 1.90 bits per heavy atom. The van der Waals surface area contributed by atoms with Crippen LogP contribution >= 0.6 is 0 Å². The first-order valence-corrected chi connectivity index (χ1v) is 5.85. The number of carbonyl (C=O) groups is 1. The number of nitrogen functional groups attached to an aromatic ring is 1. The fraction of sp³-hybridized carbons (Fsp3) is 0.417. The van der Waals surface area contributed by atoms with E-state index in [1.165, 1.54) is 0 Å². The summed E-state index contributed by atoms with van der Waals surface area (Å²) in [4.78, 5) is 12.5. The van der Waals surface area contributed by atoms with Gasteiger partial charge in [0.15, 0.2) is 0 Å². The number of nitrogens with two attached hydrogens (primary N) is 1. The quantitative estimate of drug-likeness (QED) is 0.685. The molecular formula is C12H16F3N3O2. The average molecular weight is 291 g/mol. The van der Waals surface area contributed by atoms with E-state index >= 15 is 0 Å². The molecule has 112 valence electrons. The first-order chi connectivity index (χ1) is 9.30. The molecule has 0 saturated heterocycles. The van der Waals surface area contributed by atoms with Crippen molar-refractivity contribution in [3.05, 3.63) is 24.3 Å². The SMILES string of the molecule is Nc1ccc(NC(=O)CN(CCO)CC(F)(F)F)cc1. The van der Waals surface area contributed by atoms with Crippen LogP contribution in [0.4, 0.5) is 24.5 Å². The molecule has 4 N–H and O–H groups in total. The Morgan fingerprint density at radius 1 is 1.30 bits per heavy atom. The van der Waals surface area contributed by atoms with Crippen molar-refractivity contribution in [2.24, 2.45) is 0 Å². The first-order valence-electron chi connectivity index (χ1n) is 5.85. The van der Waals surface area contributed by atoms with E-state index in [4.69, 9.17) is 10.8 Å². The Labute approximate surface area is 114 Å². The number of alkyl halides is 3. The van der Waals surface area contributed by atoms with Crippen LogP contribution in [0, 0.1) is 0 Å². The predicted molar refractivity (Wildman–Crippen MR) is 69.1 cm³/mol. The summed E-state index contributed by atoms with van der Waals surface area (Å²) in [6, 6.07) is 6.23. The highest BCUT2D eigenvalue weighted by molar-refractivity contribution is 5.92. The van der Waals surface area contributed by atoms with Crippen molar-refractivity contribution in [2.75, 3.05) is 37.3 Å². The highest BCUT2D eigenvalue weighted by Crippen LogP contribution is 2.16. The van der Waals surface area contributed by atoms with Gasteiger partial charge in [-0.25, -0.2) is 0 Å². The molecule has 1 rings (SSSR count). The summed E-state index contributed by atoms with van der Waals surface area (Å²) in [5.74, 6) is -0.590. The molecule has 0 saturated carbocycles. The third-order valence-electron chi connectivity index (χ3n) is 2.38. The van der Waals surface area contributed by atoms with Crippen LogP contribution in [0.5, 0.6) is 0 Å². The molecule has 0 radical (unpaired) electrons. The number of aliphatic hydroxyl groups excluding tert-OH is 1.